The maximum atomic E-state index is 5.27. The van der Waals surface area contributed by atoms with Gasteiger partial charge in [-0.2, -0.15) is 0 Å². The zero-order valence-corrected chi connectivity index (χ0v) is 10.8. The summed E-state index contributed by atoms with van der Waals surface area (Å²) in [6, 6.07) is 6.32. The van der Waals surface area contributed by atoms with Gasteiger partial charge >= 0.3 is 0 Å². The molecule has 0 spiro atoms. The minimum absolute atomic E-state index is 0.138. The van der Waals surface area contributed by atoms with Crippen LogP contribution in [-0.4, -0.2) is 12.6 Å². The van der Waals surface area contributed by atoms with Crippen LogP contribution in [0, 0.1) is 5.92 Å². The Morgan fingerprint density at radius 2 is 1.94 bits per heavy atom. The smallest absolute Gasteiger partial charge is 0.120 e. The summed E-state index contributed by atoms with van der Waals surface area (Å²) in [5.41, 5.74) is 2.75. The van der Waals surface area contributed by atoms with Gasteiger partial charge in [-0.15, -0.1) is 0 Å². The molecular formula is C14H21NO. The van der Waals surface area contributed by atoms with Crippen LogP contribution in [0.4, 0.5) is 5.69 Å². The highest BCUT2D eigenvalue weighted by Gasteiger charge is 2.36. The van der Waals surface area contributed by atoms with Crippen LogP contribution in [0.2, 0.25) is 0 Å². The Bertz CT molecular complexity index is 398. The molecule has 0 fully saturated rings. The highest BCUT2D eigenvalue weighted by molar-refractivity contribution is 5.60. The van der Waals surface area contributed by atoms with Gasteiger partial charge in [0.05, 0.1) is 7.11 Å². The van der Waals surface area contributed by atoms with Gasteiger partial charge in [0, 0.05) is 17.3 Å². The molecule has 1 aromatic rings. The average molecular weight is 219 g/mol. The van der Waals surface area contributed by atoms with Crippen LogP contribution < -0.4 is 10.1 Å². The van der Waals surface area contributed by atoms with Crippen molar-refractivity contribution in [2.75, 3.05) is 12.4 Å². The van der Waals surface area contributed by atoms with E-state index in [2.05, 4.69) is 45.1 Å². The molecule has 0 radical (unpaired) electrons. The van der Waals surface area contributed by atoms with Crippen molar-refractivity contribution in [1.29, 1.82) is 0 Å². The summed E-state index contributed by atoms with van der Waals surface area (Å²) in [6.07, 6.45) is 0. The van der Waals surface area contributed by atoms with Crippen LogP contribution in [0.1, 0.15) is 39.2 Å². The Morgan fingerprint density at radius 1 is 1.25 bits per heavy atom. The number of methoxy groups -OCH3 is 1. The van der Waals surface area contributed by atoms with Gasteiger partial charge in [0.15, 0.2) is 0 Å². The highest BCUT2D eigenvalue weighted by Crippen LogP contribution is 2.43. The quantitative estimate of drug-likeness (QED) is 0.778. The van der Waals surface area contributed by atoms with Crippen LogP contribution >= 0.6 is 0 Å². The molecule has 1 heterocycles. The first-order valence-corrected chi connectivity index (χ1v) is 5.92. The number of hydrogen-bond acceptors (Lipinski definition) is 2. The normalized spacial score (nSPS) is 26.8. The minimum atomic E-state index is 0.138. The molecule has 88 valence electrons. The molecule has 0 aliphatic carbocycles. The third kappa shape index (κ3) is 1.66. The molecule has 2 nitrogen and oxygen atoms in total. The molecule has 16 heavy (non-hydrogen) atoms. The van der Waals surface area contributed by atoms with E-state index in [1.807, 2.05) is 6.07 Å². The molecule has 0 bridgehead atoms. The zero-order chi connectivity index (χ0) is 11.9. The summed E-state index contributed by atoms with van der Waals surface area (Å²) in [6.45, 7) is 9.14. The third-order valence-corrected chi connectivity index (χ3v) is 4.10. The van der Waals surface area contributed by atoms with E-state index in [-0.39, 0.29) is 5.54 Å². The summed E-state index contributed by atoms with van der Waals surface area (Å²) in [7, 11) is 1.71. The number of ether oxygens (including phenoxy) is 1. The van der Waals surface area contributed by atoms with E-state index in [4.69, 9.17) is 4.74 Å². The Hall–Kier alpha value is -1.18. The molecule has 2 heteroatoms. The second-order valence-corrected chi connectivity index (χ2v) is 5.38. The first kappa shape index (κ1) is 11.3. The zero-order valence-electron chi connectivity index (χ0n) is 10.8. The van der Waals surface area contributed by atoms with E-state index >= 15 is 0 Å². The first-order valence-electron chi connectivity index (χ1n) is 5.92. The van der Waals surface area contributed by atoms with Crippen LogP contribution in [0.5, 0.6) is 5.75 Å². The van der Waals surface area contributed by atoms with Crippen LogP contribution in [-0.2, 0) is 0 Å². The van der Waals surface area contributed by atoms with Gasteiger partial charge in [-0.05, 0) is 37.3 Å². The predicted octanol–water partition coefficient (Wildman–Crippen LogP) is 3.64. The topological polar surface area (TPSA) is 21.3 Å². The van der Waals surface area contributed by atoms with Gasteiger partial charge < -0.3 is 10.1 Å². The summed E-state index contributed by atoms with van der Waals surface area (Å²) < 4.78 is 5.27. The number of nitrogens with one attached hydrogen (secondary N) is 1. The van der Waals surface area contributed by atoms with E-state index < -0.39 is 0 Å². The first-order chi connectivity index (χ1) is 7.45. The number of fused-ring (bicyclic) bond motifs is 1. The Kier molecular flexibility index (Phi) is 2.61. The standard InChI is InChI=1S/C14H21NO/c1-9-10(2)14(3,4)15-13-8-11(16-5)6-7-12(9)13/h6-10,15H,1-5H3. The fourth-order valence-electron chi connectivity index (χ4n) is 2.52. The Balaban J connectivity index is 2.46. The maximum Gasteiger partial charge on any atom is 0.120 e. The fourth-order valence-corrected chi connectivity index (χ4v) is 2.52. The summed E-state index contributed by atoms with van der Waals surface area (Å²) in [4.78, 5) is 0. The number of anilines is 1. The van der Waals surface area contributed by atoms with Crippen molar-refractivity contribution in [2.24, 2.45) is 5.92 Å². The second kappa shape index (κ2) is 3.69. The summed E-state index contributed by atoms with van der Waals surface area (Å²) >= 11 is 0. The van der Waals surface area contributed by atoms with E-state index in [0.29, 0.717) is 11.8 Å². The molecule has 0 saturated carbocycles. The SMILES string of the molecule is COc1ccc2c(c1)NC(C)(C)C(C)C2C. The third-order valence-electron chi connectivity index (χ3n) is 4.10. The molecule has 0 saturated heterocycles. The predicted molar refractivity (Wildman–Crippen MR) is 68.3 cm³/mol. The largest absolute Gasteiger partial charge is 0.497 e. The van der Waals surface area contributed by atoms with Gasteiger partial charge in [0.25, 0.3) is 0 Å². The van der Waals surface area contributed by atoms with Crippen LogP contribution in [0.3, 0.4) is 0 Å². The van der Waals surface area contributed by atoms with E-state index in [1.54, 1.807) is 7.11 Å². The monoisotopic (exact) mass is 219 g/mol. The van der Waals surface area contributed by atoms with Crippen molar-refractivity contribution in [3.63, 3.8) is 0 Å². The summed E-state index contributed by atoms with van der Waals surface area (Å²) in [5.74, 6) is 2.12. The average Bonchev–Trinajstić information content (AvgIpc) is 2.25. The maximum absolute atomic E-state index is 5.27. The summed E-state index contributed by atoms with van der Waals surface area (Å²) in [5, 5.41) is 3.61. The van der Waals surface area contributed by atoms with Gasteiger partial charge in [-0.25, -0.2) is 0 Å². The molecule has 0 aromatic heterocycles. The van der Waals surface area contributed by atoms with Crippen molar-refractivity contribution < 1.29 is 4.74 Å². The Morgan fingerprint density at radius 3 is 2.56 bits per heavy atom. The highest BCUT2D eigenvalue weighted by atomic mass is 16.5. The number of benzene rings is 1. The van der Waals surface area contributed by atoms with E-state index in [1.165, 1.54) is 11.3 Å². The van der Waals surface area contributed by atoms with Gasteiger partial charge in [0.2, 0.25) is 0 Å². The van der Waals surface area contributed by atoms with Crippen LogP contribution in [0.25, 0.3) is 0 Å². The molecule has 2 rings (SSSR count). The van der Waals surface area contributed by atoms with Gasteiger partial charge in [0.1, 0.15) is 5.75 Å². The van der Waals surface area contributed by atoms with Gasteiger partial charge in [-0.3, -0.25) is 0 Å². The molecule has 2 unspecified atom stereocenters. The molecule has 0 amide bonds. The van der Waals surface area contributed by atoms with Crippen molar-refractivity contribution in [3.05, 3.63) is 23.8 Å². The lowest BCUT2D eigenvalue weighted by molar-refractivity contribution is 0.315. The number of rotatable bonds is 1. The van der Waals surface area contributed by atoms with Crippen molar-refractivity contribution in [1.82, 2.24) is 0 Å². The molecule has 1 aromatic carbocycles. The molecule has 2 atom stereocenters. The van der Waals surface area contributed by atoms with Crippen molar-refractivity contribution in [3.8, 4) is 5.75 Å². The van der Waals surface area contributed by atoms with Crippen LogP contribution in [0.15, 0.2) is 18.2 Å². The molecular weight excluding hydrogens is 198 g/mol. The van der Waals surface area contributed by atoms with Crippen molar-refractivity contribution >= 4 is 5.69 Å². The van der Waals surface area contributed by atoms with Crippen molar-refractivity contribution in [2.45, 2.75) is 39.2 Å². The van der Waals surface area contributed by atoms with Gasteiger partial charge in [-0.1, -0.05) is 19.9 Å². The minimum Gasteiger partial charge on any atom is -0.497 e. The fraction of sp³-hybridized carbons (Fsp3) is 0.571. The lowest BCUT2D eigenvalue weighted by Crippen LogP contribution is -2.44. The molecule has 1 aliphatic rings. The molecule has 1 aliphatic heterocycles. The lowest BCUT2D eigenvalue weighted by atomic mass is 9.73. The van der Waals surface area contributed by atoms with E-state index in [9.17, 15) is 0 Å². The lowest BCUT2D eigenvalue weighted by Gasteiger charge is -2.43. The van der Waals surface area contributed by atoms with E-state index in [0.717, 1.165) is 5.75 Å². The molecule has 1 N–H and O–H groups in total. The second-order valence-electron chi connectivity index (χ2n) is 5.38. The Labute approximate surface area is 98.0 Å². The number of hydrogen-bond donors (Lipinski definition) is 1.